The van der Waals surface area contributed by atoms with Crippen LogP contribution in [0.5, 0.6) is 0 Å². The van der Waals surface area contributed by atoms with Crippen molar-refractivity contribution in [3.8, 4) is 0 Å². The zero-order valence-electron chi connectivity index (χ0n) is 8.64. The van der Waals surface area contributed by atoms with E-state index in [9.17, 15) is 0 Å². The average molecular weight is 238 g/mol. The molecule has 2 heterocycles. The summed E-state index contributed by atoms with van der Waals surface area (Å²) in [7, 11) is 0. The Balaban J connectivity index is 1.90. The zero-order chi connectivity index (χ0) is 10.7. The Bertz CT molecular complexity index is 406. The number of thiophene rings is 1. The summed E-state index contributed by atoms with van der Waals surface area (Å²) >= 11 is 3.46. The van der Waals surface area contributed by atoms with Gasteiger partial charge in [0.15, 0.2) is 0 Å². The van der Waals surface area contributed by atoms with Crippen molar-refractivity contribution >= 4 is 22.7 Å². The largest absolute Gasteiger partial charge is 0.323 e. The van der Waals surface area contributed by atoms with E-state index in [4.69, 9.17) is 5.73 Å². The Labute approximate surface area is 97.8 Å². The monoisotopic (exact) mass is 238 g/mol. The second-order valence-electron chi connectivity index (χ2n) is 3.52. The fourth-order valence-electron chi connectivity index (χ4n) is 1.45. The van der Waals surface area contributed by atoms with Crippen LogP contribution in [0.25, 0.3) is 0 Å². The molecule has 0 aliphatic heterocycles. The minimum atomic E-state index is 0.0806. The van der Waals surface area contributed by atoms with E-state index in [1.165, 1.54) is 4.88 Å². The Hall–Kier alpha value is -0.710. The molecule has 0 spiro atoms. The molecule has 0 radical (unpaired) electrons. The van der Waals surface area contributed by atoms with Gasteiger partial charge in [0.2, 0.25) is 0 Å². The second kappa shape index (κ2) is 4.88. The van der Waals surface area contributed by atoms with Crippen molar-refractivity contribution in [3.05, 3.63) is 38.5 Å². The van der Waals surface area contributed by atoms with Crippen LogP contribution in [0.1, 0.15) is 28.0 Å². The number of aryl methyl sites for hydroxylation is 2. The smallest absolute Gasteiger partial charge is 0.0898 e. The van der Waals surface area contributed by atoms with E-state index in [1.807, 2.05) is 6.92 Å². The van der Waals surface area contributed by atoms with Crippen LogP contribution in [-0.4, -0.2) is 4.98 Å². The molecule has 0 amide bonds. The summed E-state index contributed by atoms with van der Waals surface area (Å²) in [6, 6.07) is 4.32. The first-order chi connectivity index (χ1) is 7.25. The van der Waals surface area contributed by atoms with Crippen LogP contribution in [-0.2, 0) is 6.42 Å². The third kappa shape index (κ3) is 2.87. The van der Waals surface area contributed by atoms with Gasteiger partial charge in [0, 0.05) is 16.3 Å². The molecule has 1 unspecified atom stereocenters. The van der Waals surface area contributed by atoms with Crippen molar-refractivity contribution in [1.29, 1.82) is 0 Å². The predicted molar refractivity (Wildman–Crippen MR) is 66.4 cm³/mol. The van der Waals surface area contributed by atoms with Crippen molar-refractivity contribution in [3.63, 3.8) is 0 Å². The summed E-state index contributed by atoms with van der Waals surface area (Å²) < 4.78 is 0. The molecule has 2 N–H and O–H groups in total. The first-order valence-corrected chi connectivity index (χ1v) is 6.71. The average Bonchev–Trinajstić information content (AvgIpc) is 2.84. The molecule has 2 aromatic rings. The molecule has 0 fully saturated rings. The van der Waals surface area contributed by atoms with E-state index in [0.717, 1.165) is 23.5 Å². The van der Waals surface area contributed by atoms with Crippen LogP contribution in [0.15, 0.2) is 22.9 Å². The highest BCUT2D eigenvalue weighted by atomic mass is 32.1. The molecule has 2 nitrogen and oxygen atoms in total. The number of nitrogens with zero attached hydrogens (tertiary/aromatic N) is 1. The third-order valence-electron chi connectivity index (χ3n) is 2.30. The molecule has 4 heteroatoms. The minimum absolute atomic E-state index is 0.0806. The highest BCUT2D eigenvalue weighted by Crippen LogP contribution is 2.20. The molecule has 0 saturated heterocycles. The van der Waals surface area contributed by atoms with Gasteiger partial charge >= 0.3 is 0 Å². The summed E-state index contributed by atoms with van der Waals surface area (Å²) in [5.41, 5.74) is 7.11. The third-order valence-corrected chi connectivity index (χ3v) is 4.03. The number of rotatable bonds is 4. The molecule has 2 rings (SSSR count). The quantitative estimate of drug-likeness (QED) is 0.888. The molecule has 15 heavy (non-hydrogen) atoms. The van der Waals surface area contributed by atoms with Crippen LogP contribution >= 0.6 is 22.7 Å². The minimum Gasteiger partial charge on any atom is -0.323 e. The molecule has 2 aromatic heterocycles. The maximum atomic E-state index is 6.07. The van der Waals surface area contributed by atoms with Gasteiger partial charge in [-0.05, 0) is 31.2 Å². The maximum absolute atomic E-state index is 6.07. The van der Waals surface area contributed by atoms with E-state index in [2.05, 4.69) is 27.9 Å². The van der Waals surface area contributed by atoms with Crippen molar-refractivity contribution < 1.29 is 0 Å². The molecular weight excluding hydrogens is 224 g/mol. The molecule has 1 atom stereocenters. The molecule has 0 aliphatic carbocycles. The van der Waals surface area contributed by atoms with E-state index < -0.39 is 0 Å². The molecule has 0 saturated carbocycles. The SMILES string of the molecule is Cc1nc(C(N)CCc2cccs2)cs1. The lowest BCUT2D eigenvalue weighted by molar-refractivity contribution is 0.639. The van der Waals surface area contributed by atoms with Crippen molar-refractivity contribution in [2.24, 2.45) is 5.73 Å². The maximum Gasteiger partial charge on any atom is 0.0898 e. The van der Waals surface area contributed by atoms with Crippen molar-refractivity contribution in [2.75, 3.05) is 0 Å². The first-order valence-electron chi connectivity index (χ1n) is 4.95. The van der Waals surface area contributed by atoms with Crippen LogP contribution in [0.2, 0.25) is 0 Å². The summed E-state index contributed by atoms with van der Waals surface area (Å²) in [6.07, 6.45) is 2.03. The Kier molecular flexibility index (Phi) is 3.51. The van der Waals surface area contributed by atoms with Gasteiger partial charge < -0.3 is 5.73 Å². The lowest BCUT2D eigenvalue weighted by Crippen LogP contribution is -2.11. The van der Waals surface area contributed by atoms with Gasteiger partial charge in [-0.3, -0.25) is 0 Å². The van der Waals surface area contributed by atoms with Gasteiger partial charge in [0.05, 0.1) is 10.7 Å². The van der Waals surface area contributed by atoms with E-state index in [-0.39, 0.29) is 6.04 Å². The number of aromatic nitrogens is 1. The molecular formula is C11H14N2S2. The van der Waals surface area contributed by atoms with Gasteiger partial charge in [-0.1, -0.05) is 6.07 Å². The van der Waals surface area contributed by atoms with E-state index >= 15 is 0 Å². The number of hydrogen-bond donors (Lipinski definition) is 1. The lowest BCUT2D eigenvalue weighted by Gasteiger charge is -2.07. The normalized spacial score (nSPS) is 12.9. The van der Waals surface area contributed by atoms with Gasteiger partial charge in [-0.15, -0.1) is 22.7 Å². The summed E-state index contributed by atoms with van der Waals surface area (Å²) in [4.78, 5) is 5.81. The second-order valence-corrected chi connectivity index (χ2v) is 5.61. The Morgan fingerprint density at radius 2 is 2.33 bits per heavy atom. The Morgan fingerprint density at radius 1 is 1.47 bits per heavy atom. The summed E-state index contributed by atoms with van der Waals surface area (Å²) in [6.45, 7) is 2.01. The van der Waals surface area contributed by atoms with Crippen LogP contribution in [0.4, 0.5) is 0 Å². The highest BCUT2D eigenvalue weighted by molar-refractivity contribution is 7.10. The Morgan fingerprint density at radius 3 is 2.93 bits per heavy atom. The first kappa shape index (κ1) is 10.8. The number of hydrogen-bond acceptors (Lipinski definition) is 4. The summed E-state index contributed by atoms with van der Waals surface area (Å²) in [5.74, 6) is 0. The fourth-order valence-corrected chi connectivity index (χ4v) is 2.85. The van der Waals surface area contributed by atoms with E-state index in [1.54, 1.807) is 22.7 Å². The standard InChI is InChI=1S/C11H14N2S2/c1-8-13-11(7-15-8)10(12)5-4-9-3-2-6-14-9/h2-3,6-7,10H,4-5,12H2,1H3. The fraction of sp³-hybridized carbons (Fsp3) is 0.364. The summed E-state index contributed by atoms with van der Waals surface area (Å²) in [5, 5.41) is 5.26. The van der Waals surface area contributed by atoms with Crippen LogP contribution in [0, 0.1) is 6.92 Å². The van der Waals surface area contributed by atoms with Gasteiger partial charge in [0.1, 0.15) is 0 Å². The van der Waals surface area contributed by atoms with Crippen molar-refractivity contribution in [1.82, 2.24) is 4.98 Å². The van der Waals surface area contributed by atoms with Crippen LogP contribution in [0.3, 0.4) is 0 Å². The predicted octanol–water partition coefficient (Wildman–Crippen LogP) is 3.15. The van der Waals surface area contributed by atoms with Crippen LogP contribution < -0.4 is 5.73 Å². The topological polar surface area (TPSA) is 38.9 Å². The lowest BCUT2D eigenvalue weighted by atomic mass is 10.1. The molecule has 0 aliphatic rings. The molecule has 0 bridgehead atoms. The van der Waals surface area contributed by atoms with Crippen molar-refractivity contribution in [2.45, 2.75) is 25.8 Å². The number of nitrogens with two attached hydrogens (primary N) is 1. The van der Waals surface area contributed by atoms with Gasteiger partial charge in [-0.25, -0.2) is 4.98 Å². The molecule has 80 valence electrons. The molecule has 0 aromatic carbocycles. The highest BCUT2D eigenvalue weighted by Gasteiger charge is 2.09. The van der Waals surface area contributed by atoms with Gasteiger partial charge in [0.25, 0.3) is 0 Å². The zero-order valence-corrected chi connectivity index (χ0v) is 10.3. The van der Waals surface area contributed by atoms with Gasteiger partial charge in [-0.2, -0.15) is 0 Å². The van der Waals surface area contributed by atoms with E-state index in [0.29, 0.717) is 0 Å². The number of thiazole rings is 1.